The Hall–Kier alpha value is -0.570. The molecule has 0 heterocycles. The Bertz CT molecular complexity index is 232. The third kappa shape index (κ3) is 3.48. The van der Waals surface area contributed by atoms with E-state index >= 15 is 0 Å². The van der Waals surface area contributed by atoms with Crippen molar-refractivity contribution in [1.29, 1.82) is 0 Å². The lowest BCUT2D eigenvalue weighted by atomic mass is 10.0. The smallest absolute Gasteiger partial charge is 0.242 e. The SMILES string of the molecule is CNC(C)(C)C(=O)N(C)CCC1CCCC1. The summed E-state index contributed by atoms with van der Waals surface area (Å²) in [5.74, 6) is 1.04. The molecule has 16 heavy (non-hydrogen) atoms. The molecule has 0 saturated heterocycles. The second-order valence-electron chi connectivity index (χ2n) is 5.54. The fourth-order valence-corrected chi connectivity index (χ4v) is 2.36. The van der Waals surface area contributed by atoms with Gasteiger partial charge in [-0.15, -0.1) is 0 Å². The van der Waals surface area contributed by atoms with Crippen molar-refractivity contribution in [1.82, 2.24) is 10.2 Å². The highest BCUT2D eigenvalue weighted by Crippen LogP contribution is 2.27. The molecule has 3 heteroatoms. The van der Waals surface area contributed by atoms with Crippen molar-refractivity contribution in [3.8, 4) is 0 Å². The first-order valence-electron chi connectivity index (χ1n) is 6.42. The average Bonchev–Trinajstić information content (AvgIpc) is 2.77. The first kappa shape index (κ1) is 13.5. The third-order valence-corrected chi connectivity index (χ3v) is 3.85. The van der Waals surface area contributed by atoms with Crippen LogP contribution in [0.2, 0.25) is 0 Å². The van der Waals surface area contributed by atoms with Crippen molar-refractivity contribution < 1.29 is 4.79 Å². The van der Waals surface area contributed by atoms with Crippen LogP contribution in [0.15, 0.2) is 0 Å². The standard InChI is InChI=1S/C13H26N2O/c1-13(2,14-3)12(16)15(4)10-9-11-7-5-6-8-11/h11,14H,5-10H2,1-4H3. The second kappa shape index (κ2) is 5.67. The van der Waals surface area contributed by atoms with Gasteiger partial charge in [0, 0.05) is 13.6 Å². The molecule has 0 aromatic heterocycles. The number of nitrogens with one attached hydrogen (secondary N) is 1. The predicted octanol–water partition coefficient (Wildman–Crippen LogP) is 2.02. The number of likely N-dealkylation sites (N-methyl/N-ethyl adjacent to an activating group) is 2. The molecule has 0 atom stereocenters. The minimum atomic E-state index is -0.440. The van der Waals surface area contributed by atoms with E-state index in [0.29, 0.717) is 0 Å². The molecule has 0 aromatic rings. The van der Waals surface area contributed by atoms with Crippen LogP contribution in [0.4, 0.5) is 0 Å². The number of nitrogens with zero attached hydrogens (tertiary/aromatic N) is 1. The van der Waals surface area contributed by atoms with Gasteiger partial charge in [-0.05, 0) is 33.2 Å². The van der Waals surface area contributed by atoms with Gasteiger partial charge in [0.1, 0.15) is 0 Å². The van der Waals surface area contributed by atoms with E-state index in [1.54, 1.807) is 0 Å². The molecule has 1 aliphatic rings. The molecule has 1 fully saturated rings. The lowest BCUT2D eigenvalue weighted by Gasteiger charge is -2.29. The minimum absolute atomic E-state index is 0.188. The van der Waals surface area contributed by atoms with Crippen molar-refractivity contribution in [2.45, 2.75) is 51.5 Å². The molecule has 1 saturated carbocycles. The van der Waals surface area contributed by atoms with E-state index in [1.165, 1.54) is 32.1 Å². The topological polar surface area (TPSA) is 32.3 Å². The van der Waals surface area contributed by atoms with E-state index in [1.807, 2.05) is 32.8 Å². The fraction of sp³-hybridized carbons (Fsp3) is 0.923. The summed E-state index contributed by atoms with van der Waals surface area (Å²) in [6.07, 6.45) is 6.64. The molecule has 1 rings (SSSR count). The molecule has 1 amide bonds. The maximum atomic E-state index is 12.1. The highest BCUT2D eigenvalue weighted by Gasteiger charge is 2.28. The fourth-order valence-electron chi connectivity index (χ4n) is 2.36. The monoisotopic (exact) mass is 226 g/mol. The molecule has 0 unspecified atom stereocenters. The largest absolute Gasteiger partial charge is 0.344 e. The summed E-state index contributed by atoms with van der Waals surface area (Å²) < 4.78 is 0. The minimum Gasteiger partial charge on any atom is -0.344 e. The Labute approximate surface area is 99.6 Å². The molecule has 0 aromatic carbocycles. The van der Waals surface area contributed by atoms with Gasteiger partial charge in [-0.3, -0.25) is 4.79 Å². The summed E-state index contributed by atoms with van der Waals surface area (Å²) in [7, 11) is 3.75. The van der Waals surface area contributed by atoms with Crippen LogP contribution in [-0.2, 0) is 4.79 Å². The van der Waals surface area contributed by atoms with Gasteiger partial charge >= 0.3 is 0 Å². The van der Waals surface area contributed by atoms with Gasteiger partial charge in [0.2, 0.25) is 5.91 Å². The molecule has 0 aliphatic heterocycles. The van der Waals surface area contributed by atoms with Crippen molar-refractivity contribution >= 4 is 5.91 Å². The summed E-state index contributed by atoms with van der Waals surface area (Å²) in [4.78, 5) is 13.9. The van der Waals surface area contributed by atoms with Crippen molar-refractivity contribution in [3.05, 3.63) is 0 Å². The Kier molecular flexibility index (Phi) is 4.78. The zero-order valence-corrected chi connectivity index (χ0v) is 11.2. The van der Waals surface area contributed by atoms with Crippen LogP contribution in [-0.4, -0.2) is 37.0 Å². The maximum Gasteiger partial charge on any atom is 0.242 e. The van der Waals surface area contributed by atoms with Crippen LogP contribution in [0.1, 0.15) is 46.0 Å². The first-order valence-corrected chi connectivity index (χ1v) is 6.42. The molecular formula is C13H26N2O. The number of hydrogen-bond donors (Lipinski definition) is 1. The Morgan fingerprint density at radius 2 is 1.94 bits per heavy atom. The summed E-state index contributed by atoms with van der Waals surface area (Å²) in [6, 6.07) is 0. The van der Waals surface area contributed by atoms with Crippen LogP contribution in [0.5, 0.6) is 0 Å². The Morgan fingerprint density at radius 1 is 1.38 bits per heavy atom. The average molecular weight is 226 g/mol. The molecule has 1 N–H and O–H groups in total. The second-order valence-corrected chi connectivity index (χ2v) is 5.54. The van der Waals surface area contributed by atoms with Crippen LogP contribution in [0, 0.1) is 5.92 Å². The van der Waals surface area contributed by atoms with E-state index in [4.69, 9.17) is 0 Å². The molecule has 0 spiro atoms. The lowest BCUT2D eigenvalue weighted by Crippen LogP contribution is -2.51. The van der Waals surface area contributed by atoms with E-state index in [-0.39, 0.29) is 5.91 Å². The molecule has 1 aliphatic carbocycles. The first-order chi connectivity index (χ1) is 7.47. The van der Waals surface area contributed by atoms with Crippen molar-refractivity contribution in [3.63, 3.8) is 0 Å². The molecule has 0 bridgehead atoms. The molecule has 94 valence electrons. The highest BCUT2D eigenvalue weighted by molar-refractivity contribution is 5.85. The zero-order chi connectivity index (χ0) is 12.2. The van der Waals surface area contributed by atoms with Crippen molar-refractivity contribution in [2.75, 3.05) is 20.6 Å². The van der Waals surface area contributed by atoms with Gasteiger partial charge in [0.15, 0.2) is 0 Å². The zero-order valence-electron chi connectivity index (χ0n) is 11.2. The van der Waals surface area contributed by atoms with E-state index in [9.17, 15) is 4.79 Å². The van der Waals surface area contributed by atoms with Gasteiger partial charge < -0.3 is 10.2 Å². The maximum absolute atomic E-state index is 12.1. The van der Waals surface area contributed by atoms with Crippen LogP contribution in [0.3, 0.4) is 0 Å². The van der Waals surface area contributed by atoms with Gasteiger partial charge in [0.05, 0.1) is 5.54 Å². The van der Waals surface area contributed by atoms with Gasteiger partial charge in [-0.1, -0.05) is 25.7 Å². The lowest BCUT2D eigenvalue weighted by molar-refractivity contribution is -0.135. The Morgan fingerprint density at radius 3 is 2.44 bits per heavy atom. The van der Waals surface area contributed by atoms with Crippen LogP contribution < -0.4 is 5.32 Å². The van der Waals surface area contributed by atoms with Crippen LogP contribution in [0.25, 0.3) is 0 Å². The summed E-state index contributed by atoms with van der Waals surface area (Å²) in [6.45, 7) is 4.76. The molecule has 0 radical (unpaired) electrons. The number of carbonyl (C=O) groups excluding carboxylic acids is 1. The molecule has 3 nitrogen and oxygen atoms in total. The summed E-state index contributed by atoms with van der Waals surface area (Å²) in [5, 5.41) is 3.06. The summed E-state index contributed by atoms with van der Waals surface area (Å²) >= 11 is 0. The van der Waals surface area contributed by atoms with E-state index < -0.39 is 5.54 Å². The number of rotatable bonds is 5. The highest BCUT2D eigenvalue weighted by atomic mass is 16.2. The van der Waals surface area contributed by atoms with Gasteiger partial charge in [0.25, 0.3) is 0 Å². The quantitative estimate of drug-likeness (QED) is 0.778. The van der Waals surface area contributed by atoms with E-state index in [2.05, 4.69) is 5.32 Å². The number of amides is 1. The van der Waals surface area contributed by atoms with Gasteiger partial charge in [-0.25, -0.2) is 0 Å². The van der Waals surface area contributed by atoms with Crippen molar-refractivity contribution in [2.24, 2.45) is 5.92 Å². The van der Waals surface area contributed by atoms with Crippen LogP contribution >= 0.6 is 0 Å². The number of carbonyl (C=O) groups is 1. The number of hydrogen-bond acceptors (Lipinski definition) is 2. The molecular weight excluding hydrogens is 200 g/mol. The van der Waals surface area contributed by atoms with E-state index in [0.717, 1.165) is 12.5 Å². The van der Waals surface area contributed by atoms with Gasteiger partial charge in [-0.2, -0.15) is 0 Å². The Balaban J connectivity index is 2.33. The predicted molar refractivity (Wildman–Crippen MR) is 67.4 cm³/mol. The normalized spacial score (nSPS) is 17.8. The summed E-state index contributed by atoms with van der Waals surface area (Å²) in [5.41, 5.74) is -0.440. The third-order valence-electron chi connectivity index (χ3n) is 3.85.